The summed E-state index contributed by atoms with van der Waals surface area (Å²) in [5, 5.41) is 4.78. The van der Waals surface area contributed by atoms with Crippen LogP contribution in [0.15, 0.2) is 21.7 Å². The number of nitrogens with one attached hydrogen (secondary N) is 1. The van der Waals surface area contributed by atoms with Gasteiger partial charge in [-0.2, -0.15) is 0 Å². The number of rotatable bonds is 4. The fraction of sp³-hybridized carbons (Fsp3) is 0.467. The van der Waals surface area contributed by atoms with Crippen molar-refractivity contribution in [2.75, 3.05) is 0 Å². The van der Waals surface area contributed by atoms with Crippen molar-refractivity contribution in [3.8, 4) is 0 Å². The van der Waals surface area contributed by atoms with E-state index in [1.807, 2.05) is 33.0 Å². The van der Waals surface area contributed by atoms with Crippen LogP contribution < -0.4 is 5.32 Å². The average molecular weight is 323 g/mol. The molecule has 4 nitrogen and oxygen atoms in total. The molecule has 2 heterocycles. The maximum absolute atomic E-state index is 11.8. The predicted molar refractivity (Wildman–Crippen MR) is 93.1 cm³/mol. The highest BCUT2D eigenvalue weighted by atomic mass is 32.2. The summed E-state index contributed by atoms with van der Waals surface area (Å²) >= 11 is 1.68. The summed E-state index contributed by atoms with van der Waals surface area (Å²) in [6.07, 6.45) is 3.87. The molecule has 2 rings (SSSR count). The zero-order valence-corrected chi connectivity index (χ0v) is 14.7. The minimum Gasteiger partial charge on any atom is -0.319 e. The summed E-state index contributed by atoms with van der Waals surface area (Å²) in [6.45, 7) is 9.99. The van der Waals surface area contributed by atoms with Crippen molar-refractivity contribution >= 4 is 39.5 Å². The van der Waals surface area contributed by atoms with Crippen molar-refractivity contribution in [1.82, 2.24) is 10.3 Å². The lowest BCUT2D eigenvalue weighted by atomic mass is 9.86. The van der Waals surface area contributed by atoms with Gasteiger partial charge in [0.2, 0.25) is 5.91 Å². The van der Waals surface area contributed by atoms with Gasteiger partial charge in [-0.05, 0) is 43.4 Å². The Morgan fingerprint density at radius 3 is 2.67 bits per heavy atom. The van der Waals surface area contributed by atoms with E-state index in [1.165, 1.54) is 4.88 Å². The molecule has 0 saturated carbocycles. The summed E-state index contributed by atoms with van der Waals surface area (Å²) in [5.74, 6) is 3.99. The number of amides is 1. The second-order valence-electron chi connectivity index (χ2n) is 5.86. The normalized spacial score (nSPS) is 18.7. The van der Waals surface area contributed by atoms with Crippen LogP contribution in [0.4, 0.5) is 0 Å². The Morgan fingerprint density at radius 1 is 1.48 bits per heavy atom. The first-order chi connectivity index (χ1) is 9.71. The number of hydrogen-bond acceptors (Lipinski definition) is 4. The van der Waals surface area contributed by atoms with Crippen LogP contribution in [0.3, 0.4) is 0 Å². The first-order valence-corrected chi connectivity index (χ1v) is 8.97. The fourth-order valence-electron chi connectivity index (χ4n) is 1.82. The molecule has 1 aromatic rings. The van der Waals surface area contributed by atoms with E-state index in [0.29, 0.717) is 0 Å². The second kappa shape index (κ2) is 5.85. The Hall–Kier alpha value is -1.27. The lowest BCUT2D eigenvalue weighted by molar-refractivity contribution is -0.123. The summed E-state index contributed by atoms with van der Waals surface area (Å²) in [4.78, 5) is 17.3. The van der Waals surface area contributed by atoms with E-state index in [1.54, 1.807) is 11.3 Å². The van der Waals surface area contributed by atoms with E-state index in [4.69, 9.17) is 0 Å². The monoisotopic (exact) mass is 323 g/mol. The van der Waals surface area contributed by atoms with Gasteiger partial charge in [0, 0.05) is 22.4 Å². The molecule has 0 spiro atoms. The predicted octanol–water partition coefficient (Wildman–Crippen LogP) is 3.41. The van der Waals surface area contributed by atoms with E-state index in [0.717, 1.165) is 15.7 Å². The summed E-state index contributed by atoms with van der Waals surface area (Å²) in [7, 11) is -0.540. The maximum Gasteiger partial charge on any atom is 0.227 e. The number of aryl methyl sites for hydroxylation is 1. The molecular weight excluding hydrogens is 302 g/mol. The lowest BCUT2D eigenvalue weighted by Gasteiger charge is -2.21. The molecule has 1 aliphatic rings. The molecule has 0 saturated heterocycles. The first-order valence-electron chi connectivity index (χ1n) is 6.80. The van der Waals surface area contributed by atoms with Crippen LogP contribution in [-0.4, -0.2) is 22.5 Å². The molecule has 1 aliphatic heterocycles. The molecule has 0 aromatic carbocycles. The number of aromatic nitrogens is 1. The van der Waals surface area contributed by atoms with Crippen molar-refractivity contribution in [3.05, 3.63) is 27.2 Å². The Kier molecular flexibility index (Phi) is 4.49. The van der Waals surface area contributed by atoms with Crippen molar-refractivity contribution in [2.45, 2.75) is 40.0 Å². The molecule has 1 atom stereocenters. The number of hydrogen-bond donors (Lipinski definition) is 1. The van der Waals surface area contributed by atoms with E-state index in [2.05, 4.69) is 34.4 Å². The van der Waals surface area contributed by atoms with Crippen molar-refractivity contribution in [1.29, 1.82) is 0 Å². The van der Waals surface area contributed by atoms with Crippen LogP contribution in [0.25, 0.3) is 0 Å². The van der Waals surface area contributed by atoms with Gasteiger partial charge in [0.25, 0.3) is 0 Å². The highest BCUT2D eigenvalue weighted by molar-refractivity contribution is 8.16. The molecule has 0 aliphatic carbocycles. The number of allylic oxidation sites excluding steroid dienone is 1. The van der Waals surface area contributed by atoms with Crippen LogP contribution in [-0.2, 0) is 10.2 Å². The lowest BCUT2D eigenvalue weighted by Crippen LogP contribution is -2.28. The van der Waals surface area contributed by atoms with Crippen LogP contribution in [0.5, 0.6) is 0 Å². The fourth-order valence-corrected chi connectivity index (χ4v) is 3.79. The average Bonchev–Trinajstić information content (AvgIpc) is 2.97. The van der Waals surface area contributed by atoms with E-state index in [9.17, 15) is 4.79 Å². The zero-order valence-electron chi connectivity index (χ0n) is 13.1. The van der Waals surface area contributed by atoms with Gasteiger partial charge < -0.3 is 5.32 Å². The molecule has 114 valence electrons. The van der Waals surface area contributed by atoms with Crippen molar-refractivity contribution in [3.63, 3.8) is 0 Å². The van der Waals surface area contributed by atoms with Gasteiger partial charge >= 0.3 is 0 Å². The van der Waals surface area contributed by atoms with Gasteiger partial charge in [0.05, 0.1) is 15.7 Å². The second-order valence-corrected chi connectivity index (χ2v) is 8.45. The summed E-state index contributed by atoms with van der Waals surface area (Å²) < 4.78 is 4.64. The smallest absolute Gasteiger partial charge is 0.227 e. The summed E-state index contributed by atoms with van der Waals surface area (Å²) in [5.41, 5.74) is 0.725. The summed E-state index contributed by atoms with van der Waals surface area (Å²) in [6, 6.07) is 0. The number of carbonyl (C=O) groups is 1. The van der Waals surface area contributed by atoms with E-state index < -0.39 is 10.7 Å². The van der Waals surface area contributed by atoms with Crippen molar-refractivity contribution in [2.24, 2.45) is 10.3 Å². The van der Waals surface area contributed by atoms with Crippen LogP contribution in [0.2, 0.25) is 0 Å². The molecular formula is C15H21N3OS2. The van der Waals surface area contributed by atoms with E-state index in [-0.39, 0.29) is 17.2 Å². The Bertz CT molecular complexity index is 654. The van der Waals surface area contributed by atoms with Gasteiger partial charge in [-0.15, -0.1) is 11.3 Å². The van der Waals surface area contributed by atoms with E-state index >= 15 is 0 Å². The number of carbonyl (C=O) groups excluding carboxylic acids is 1. The molecule has 1 N–H and O–H groups in total. The minimum absolute atomic E-state index is 0.00490. The third-order valence-electron chi connectivity index (χ3n) is 3.38. The van der Waals surface area contributed by atoms with Gasteiger partial charge in [-0.25, -0.2) is 9.38 Å². The molecule has 1 unspecified atom stereocenters. The molecule has 0 bridgehead atoms. The third kappa shape index (κ3) is 3.32. The Morgan fingerprint density at radius 2 is 2.14 bits per heavy atom. The van der Waals surface area contributed by atoms with Gasteiger partial charge in [-0.1, -0.05) is 13.8 Å². The highest BCUT2D eigenvalue weighted by Gasteiger charge is 2.31. The van der Waals surface area contributed by atoms with Crippen LogP contribution in [0.1, 0.15) is 37.6 Å². The first kappa shape index (κ1) is 16.1. The SMILES string of the molecule is C=S1N=C(C(C)(C)c2cnc(C)s2)C=C1NC(=O)C(C)C. The van der Waals surface area contributed by atoms with Crippen molar-refractivity contribution < 1.29 is 4.79 Å². The molecule has 6 heteroatoms. The van der Waals surface area contributed by atoms with Crippen LogP contribution >= 0.6 is 22.0 Å². The standard InChI is InChI=1S/C15H21N3OS2/c1-9(2)14(19)17-13-7-11(18-21(13)6)15(4,5)12-8-16-10(3)20-12/h7-9H,6H2,1-5H3,(H,17,19). The quantitative estimate of drug-likeness (QED) is 0.863. The number of nitrogens with zero attached hydrogens (tertiary/aromatic N) is 2. The third-order valence-corrected chi connectivity index (χ3v) is 5.76. The largest absolute Gasteiger partial charge is 0.319 e. The topological polar surface area (TPSA) is 54.4 Å². The maximum atomic E-state index is 11.8. The van der Waals surface area contributed by atoms with Gasteiger partial charge in [0.15, 0.2) is 0 Å². The Balaban J connectivity index is 2.25. The Labute approximate surface area is 132 Å². The zero-order chi connectivity index (χ0) is 15.8. The van der Waals surface area contributed by atoms with Gasteiger partial charge in [-0.3, -0.25) is 4.79 Å². The van der Waals surface area contributed by atoms with Gasteiger partial charge in [0.1, 0.15) is 0 Å². The highest BCUT2D eigenvalue weighted by Crippen LogP contribution is 2.38. The molecule has 1 amide bonds. The van der Waals surface area contributed by atoms with Crippen LogP contribution in [0, 0.1) is 12.8 Å². The minimum atomic E-state index is -0.540. The molecule has 1 aromatic heterocycles. The number of thiazole rings is 1. The molecule has 0 radical (unpaired) electrons. The molecule has 21 heavy (non-hydrogen) atoms. The molecule has 0 fully saturated rings.